The number of hydrogen-bond acceptors (Lipinski definition) is 6. The number of anilines is 1. The molecule has 0 saturated carbocycles. The van der Waals surface area contributed by atoms with E-state index in [2.05, 4.69) is 45.9 Å². The summed E-state index contributed by atoms with van der Waals surface area (Å²) < 4.78 is 54.1. The summed E-state index contributed by atoms with van der Waals surface area (Å²) in [6, 6.07) is 15.2. The Hall–Kier alpha value is -2.73. The number of rotatable bonds is 8. The molecule has 1 saturated heterocycles. The lowest BCUT2D eigenvalue weighted by molar-refractivity contribution is -0.139. The van der Waals surface area contributed by atoms with Gasteiger partial charge in [-0.3, -0.25) is 4.21 Å². The molecule has 2 heterocycles. The second-order valence-electron chi connectivity index (χ2n) is 10.1. The molecule has 11 heteroatoms. The third-order valence-corrected chi connectivity index (χ3v) is 9.48. The van der Waals surface area contributed by atoms with Crippen LogP contribution in [0.3, 0.4) is 0 Å². The maximum atomic E-state index is 13.7. The zero-order valence-corrected chi connectivity index (χ0v) is 24.9. The Balaban J connectivity index is 0.00000124. The minimum absolute atomic E-state index is 0.167. The van der Waals surface area contributed by atoms with E-state index in [9.17, 15) is 17.4 Å². The molecule has 0 radical (unpaired) electrons. The van der Waals surface area contributed by atoms with Crippen LogP contribution in [0.15, 0.2) is 72.5 Å². The number of nitrogens with two attached hydrogens (primary N) is 1. The van der Waals surface area contributed by atoms with Gasteiger partial charge in [0.2, 0.25) is 0 Å². The summed E-state index contributed by atoms with van der Waals surface area (Å²) in [4.78, 5) is 3.75. The molecule has 1 unspecified atom stereocenters. The molecule has 1 fully saturated rings. The van der Waals surface area contributed by atoms with E-state index < -0.39 is 23.5 Å². The van der Waals surface area contributed by atoms with Gasteiger partial charge < -0.3 is 20.0 Å². The van der Waals surface area contributed by atoms with Gasteiger partial charge in [0.1, 0.15) is 6.54 Å². The molecule has 1 aliphatic carbocycles. The second kappa shape index (κ2) is 14.4. The fraction of sp³-hybridized carbons (Fsp3) is 0.400. The SMILES string of the molecule is CON.CSC1C=CC(NCc2ccc(-c3cc4c(NC5CCS(=O)CC5)cccc4n3CC(F)(F)F)cc2)=CC1. The Morgan fingerprint density at radius 1 is 1.15 bits per heavy atom. The van der Waals surface area contributed by atoms with Gasteiger partial charge >= 0.3 is 6.18 Å². The Labute approximate surface area is 246 Å². The molecule has 1 aliphatic heterocycles. The highest BCUT2D eigenvalue weighted by Gasteiger charge is 2.30. The minimum atomic E-state index is -4.35. The fourth-order valence-electron chi connectivity index (χ4n) is 5.06. The summed E-state index contributed by atoms with van der Waals surface area (Å²) >= 11 is 1.83. The van der Waals surface area contributed by atoms with Gasteiger partial charge in [0.05, 0.1) is 12.6 Å². The molecule has 0 amide bonds. The van der Waals surface area contributed by atoms with Gasteiger partial charge in [-0.2, -0.15) is 24.9 Å². The first-order chi connectivity index (χ1) is 19.7. The summed E-state index contributed by atoms with van der Waals surface area (Å²) in [5.41, 5.74) is 4.80. The molecule has 1 atom stereocenters. The van der Waals surface area contributed by atoms with Crippen LogP contribution >= 0.6 is 11.8 Å². The zero-order valence-electron chi connectivity index (χ0n) is 23.2. The molecular formula is C30H37F3N4O2S2. The molecule has 0 spiro atoms. The third kappa shape index (κ3) is 8.64. The van der Waals surface area contributed by atoms with E-state index in [4.69, 9.17) is 0 Å². The van der Waals surface area contributed by atoms with Crippen LogP contribution in [0.25, 0.3) is 22.2 Å². The Morgan fingerprint density at radius 2 is 1.85 bits per heavy atom. The lowest BCUT2D eigenvalue weighted by Gasteiger charge is -2.24. The highest BCUT2D eigenvalue weighted by Crippen LogP contribution is 2.36. The van der Waals surface area contributed by atoms with Crippen molar-refractivity contribution in [3.63, 3.8) is 0 Å². The molecule has 0 bridgehead atoms. The number of benzene rings is 2. The van der Waals surface area contributed by atoms with E-state index in [-0.39, 0.29) is 6.04 Å². The van der Waals surface area contributed by atoms with Crippen LogP contribution in [0.2, 0.25) is 0 Å². The summed E-state index contributed by atoms with van der Waals surface area (Å²) in [6.07, 6.45) is 6.84. The Kier molecular flexibility index (Phi) is 11.0. The summed E-state index contributed by atoms with van der Waals surface area (Å²) in [5, 5.41) is 8.24. The van der Waals surface area contributed by atoms with Crippen molar-refractivity contribution < 1.29 is 22.2 Å². The van der Waals surface area contributed by atoms with Gasteiger partial charge in [-0.05, 0) is 60.9 Å². The number of thioether (sulfide) groups is 1. The molecule has 4 N–H and O–H groups in total. The van der Waals surface area contributed by atoms with Crippen LogP contribution in [-0.2, 0) is 28.7 Å². The first kappa shape index (κ1) is 31.2. The number of nitrogens with one attached hydrogen (secondary N) is 2. The number of aromatic nitrogens is 1. The van der Waals surface area contributed by atoms with E-state index in [1.807, 2.05) is 48.2 Å². The molecular weight excluding hydrogens is 569 g/mol. The average Bonchev–Trinajstić information content (AvgIpc) is 3.32. The second-order valence-corrected chi connectivity index (χ2v) is 12.8. The summed E-state index contributed by atoms with van der Waals surface area (Å²) in [5.74, 6) is 5.65. The highest BCUT2D eigenvalue weighted by atomic mass is 32.2. The topological polar surface area (TPSA) is 81.3 Å². The third-order valence-electron chi connectivity index (χ3n) is 7.14. The zero-order chi connectivity index (χ0) is 29.4. The molecule has 41 heavy (non-hydrogen) atoms. The van der Waals surface area contributed by atoms with Crippen LogP contribution in [0, 0.1) is 0 Å². The summed E-state index contributed by atoms with van der Waals surface area (Å²) in [7, 11) is 0.633. The molecule has 5 rings (SSSR count). The average molecular weight is 607 g/mol. The minimum Gasteiger partial charge on any atom is -0.382 e. The Morgan fingerprint density at radius 3 is 2.46 bits per heavy atom. The first-order valence-corrected chi connectivity index (χ1v) is 16.3. The Bertz CT molecular complexity index is 1380. The lowest BCUT2D eigenvalue weighted by atomic mass is 10.1. The number of nitrogens with zero attached hydrogens (tertiary/aromatic N) is 1. The number of halogens is 3. The predicted octanol–water partition coefficient (Wildman–Crippen LogP) is 6.37. The van der Waals surface area contributed by atoms with Crippen molar-refractivity contribution in [2.75, 3.05) is 30.2 Å². The monoisotopic (exact) mass is 606 g/mol. The fourth-order valence-corrected chi connectivity index (χ4v) is 6.88. The predicted molar refractivity (Wildman–Crippen MR) is 165 cm³/mol. The van der Waals surface area contributed by atoms with Gasteiger partial charge in [0.15, 0.2) is 0 Å². The molecule has 1 aromatic heterocycles. The van der Waals surface area contributed by atoms with Gasteiger partial charge in [-0.15, -0.1) is 0 Å². The van der Waals surface area contributed by atoms with Gasteiger partial charge in [-0.1, -0.05) is 42.5 Å². The molecule has 222 valence electrons. The van der Waals surface area contributed by atoms with Crippen molar-refractivity contribution in [3.8, 4) is 11.3 Å². The number of fused-ring (bicyclic) bond motifs is 1. The largest absolute Gasteiger partial charge is 0.406 e. The van der Waals surface area contributed by atoms with Crippen molar-refractivity contribution in [1.29, 1.82) is 0 Å². The van der Waals surface area contributed by atoms with Crippen molar-refractivity contribution in [3.05, 3.63) is 78.0 Å². The summed E-state index contributed by atoms with van der Waals surface area (Å²) in [6.45, 7) is -0.412. The van der Waals surface area contributed by atoms with E-state index in [1.54, 1.807) is 12.1 Å². The number of hydrogen-bond donors (Lipinski definition) is 3. The van der Waals surface area contributed by atoms with Gasteiger partial charge in [0, 0.05) is 62.6 Å². The number of allylic oxidation sites excluding steroid dienone is 2. The van der Waals surface area contributed by atoms with Gasteiger partial charge in [-0.25, -0.2) is 5.90 Å². The quantitative estimate of drug-likeness (QED) is 0.259. The van der Waals surface area contributed by atoms with E-state index >= 15 is 0 Å². The van der Waals surface area contributed by atoms with Crippen molar-refractivity contribution in [1.82, 2.24) is 9.88 Å². The number of alkyl halides is 3. The standard InChI is InChI=1S/C29H32F3N3OS2.CH5NO/c1-37-24-11-9-22(10-12-24)33-18-20-5-7-21(8-6-20)28-17-25-26(34-23-13-15-38(36)16-14-23)3-2-4-27(25)35(28)19-29(30,31)32;1-3-2/h2-11,17,23-24,33-34H,12-16,18-19H2,1H3;2H2,1H3. The first-order valence-electron chi connectivity index (χ1n) is 13.5. The highest BCUT2D eigenvalue weighted by molar-refractivity contribution is 7.99. The van der Waals surface area contributed by atoms with Crippen LogP contribution in [-0.4, -0.2) is 51.1 Å². The normalized spacial score (nSPS) is 20.7. The smallest absolute Gasteiger partial charge is 0.382 e. The van der Waals surface area contributed by atoms with Crippen molar-refractivity contribution >= 4 is 39.2 Å². The maximum absolute atomic E-state index is 13.7. The lowest BCUT2D eigenvalue weighted by Crippen LogP contribution is -2.29. The molecule has 2 aliphatic rings. The van der Waals surface area contributed by atoms with Crippen LogP contribution < -0.4 is 16.5 Å². The van der Waals surface area contributed by atoms with Crippen molar-refractivity contribution in [2.24, 2.45) is 5.90 Å². The van der Waals surface area contributed by atoms with Crippen LogP contribution in [0.5, 0.6) is 0 Å². The maximum Gasteiger partial charge on any atom is 0.406 e. The van der Waals surface area contributed by atoms with E-state index in [0.29, 0.717) is 34.5 Å². The molecule has 6 nitrogen and oxygen atoms in total. The van der Waals surface area contributed by atoms with E-state index in [0.717, 1.165) is 47.2 Å². The van der Waals surface area contributed by atoms with Gasteiger partial charge in [0.25, 0.3) is 0 Å². The van der Waals surface area contributed by atoms with Crippen LogP contribution in [0.4, 0.5) is 18.9 Å². The molecule has 2 aromatic carbocycles. The van der Waals surface area contributed by atoms with E-state index in [1.165, 1.54) is 11.7 Å². The van der Waals surface area contributed by atoms with Crippen molar-refractivity contribution in [2.45, 2.75) is 49.8 Å². The molecule has 3 aromatic rings. The van der Waals surface area contributed by atoms with Crippen LogP contribution in [0.1, 0.15) is 24.8 Å².